The van der Waals surface area contributed by atoms with Gasteiger partial charge in [-0.25, -0.2) is 4.79 Å². The Labute approximate surface area is 128 Å². The molecule has 1 aromatic carbocycles. The fourth-order valence-corrected chi connectivity index (χ4v) is 2.06. The molecule has 0 aliphatic rings. The Morgan fingerprint density at radius 2 is 1.95 bits per heavy atom. The number of hydrogen-bond donors (Lipinski definition) is 0. The molecule has 116 valence electrons. The summed E-state index contributed by atoms with van der Waals surface area (Å²) in [6.07, 6.45) is 6.17. The zero-order chi connectivity index (χ0) is 15.5. The Morgan fingerprint density at radius 1 is 1.24 bits per heavy atom. The molecule has 0 heterocycles. The van der Waals surface area contributed by atoms with E-state index in [0.717, 1.165) is 18.4 Å². The van der Waals surface area contributed by atoms with Gasteiger partial charge in [-0.3, -0.25) is 0 Å². The van der Waals surface area contributed by atoms with Crippen LogP contribution in [0.3, 0.4) is 0 Å². The van der Waals surface area contributed by atoms with E-state index < -0.39 is 5.97 Å². The van der Waals surface area contributed by atoms with Crippen molar-refractivity contribution < 1.29 is 14.3 Å². The van der Waals surface area contributed by atoms with Gasteiger partial charge < -0.3 is 9.47 Å². The second-order valence-electron chi connectivity index (χ2n) is 5.14. The zero-order valence-corrected chi connectivity index (χ0v) is 13.3. The van der Waals surface area contributed by atoms with Crippen LogP contribution in [0.2, 0.25) is 0 Å². The maximum atomic E-state index is 12.1. The first-order chi connectivity index (χ1) is 10.2. The number of ether oxygens (including phenoxy) is 2. The molecule has 3 nitrogen and oxygen atoms in total. The number of carbonyl (C=O) groups is 1. The van der Waals surface area contributed by atoms with Crippen molar-refractivity contribution in [2.75, 3.05) is 13.7 Å². The van der Waals surface area contributed by atoms with Gasteiger partial charge in [0.25, 0.3) is 0 Å². The summed E-state index contributed by atoms with van der Waals surface area (Å²) < 4.78 is 10.5. The number of carbonyl (C=O) groups excluding carboxylic acids is 1. The molecule has 0 radical (unpaired) electrons. The third kappa shape index (κ3) is 6.48. The molecule has 1 rings (SSSR count). The Morgan fingerprint density at radius 3 is 2.52 bits per heavy atom. The van der Waals surface area contributed by atoms with Crippen LogP contribution < -0.4 is 0 Å². The van der Waals surface area contributed by atoms with Crippen LogP contribution in [0, 0.1) is 5.92 Å². The van der Waals surface area contributed by atoms with Crippen molar-refractivity contribution in [3.05, 3.63) is 41.7 Å². The first kappa shape index (κ1) is 17.3. The second-order valence-corrected chi connectivity index (χ2v) is 5.14. The van der Waals surface area contributed by atoms with Crippen LogP contribution in [0.1, 0.15) is 45.1 Å². The predicted molar refractivity (Wildman–Crippen MR) is 85.7 cm³/mol. The lowest BCUT2D eigenvalue weighted by Crippen LogP contribution is -2.16. The van der Waals surface area contributed by atoms with Crippen molar-refractivity contribution in [1.29, 1.82) is 0 Å². The molecule has 21 heavy (non-hydrogen) atoms. The summed E-state index contributed by atoms with van der Waals surface area (Å²) in [7, 11) is 1.49. The lowest BCUT2D eigenvalue weighted by molar-refractivity contribution is -0.143. The minimum absolute atomic E-state index is 0.242. The third-order valence-electron chi connectivity index (χ3n) is 3.51. The van der Waals surface area contributed by atoms with Gasteiger partial charge in [-0.2, -0.15) is 0 Å². The number of benzene rings is 1. The first-order valence-electron chi connectivity index (χ1n) is 7.69. The fraction of sp³-hybridized carbons (Fsp3) is 0.500. The summed E-state index contributed by atoms with van der Waals surface area (Å²) in [6, 6.07) is 9.61. The van der Waals surface area contributed by atoms with Crippen molar-refractivity contribution >= 4 is 12.0 Å². The van der Waals surface area contributed by atoms with Crippen molar-refractivity contribution in [1.82, 2.24) is 0 Å². The lowest BCUT2D eigenvalue weighted by atomic mass is 10.0. The van der Waals surface area contributed by atoms with E-state index in [-0.39, 0.29) is 5.76 Å². The molecule has 0 aliphatic carbocycles. The molecule has 0 fully saturated rings. The van der Waals surface area contributed by atoms with E-state index in [9.17, 15) is 4.79 Å². The van der Waals surface area contributed by atoms with Crippen molar-refractivity contribution in [2.24, 2.45) is 5.92 Å². The number of esters is 1. The molecule has 1 unspecified atom stereocenters. The van der Waals surface area contributed by atoms with Gasteiger partial charge in [-0.15, -0.1) is 0 Å². The molecule has 0 amide bonds. The summed E-state index contributed by atoms with van der Waals surface area (Å²) in [6.45, 7) is 4.76. The Hall–Kier alpha value is -1.77. The van der Waals surface area contributed by atoms with Gasteiger partial charge in [0.05, 0.1) is 13.7 Å². The largest absolute Gasteiger partial charge is 0.490 e. The minimum atomic E-state index is -0.392. The molecule has 0 aromatic heterocycles. The second kappa shape index (κ2) is 10.0. The van der Waals surface area contributed by atoms with E-state index in [1.165, 1.54) is 20.0 Å². The Bertz CT molecular complexity index is 437. The summed E-state index contributed by atoms with van der Waals surface area (Å²) in [5.41, 5.74) is 0.921. The quantitative estimate of drug-likeness (QED) is 0.383. The Balaban J connectivity index is 2.57. The average Bonchev–Trinajstić information content (AvgIpc) is 2.53. The highest BCUT2D eigenvalue weighted by Crippen LogP contribution is 2.15. The van der Waals surface area contributed by atoms with Crippen molar-refractivity contribution in [2.45, 2.75) is 39.5 Å². The van der Waals surface area contributed by atoms with E-state index in [1.807, 2.05) is 30.3 Å². The highest BCUT2D eigenvalue weighted by Gasteiger charge is 2.14. The zero-order valence-electron chi connectivity index (χ0n) is 13.3. The SMILES string of the molecule is CCCCC(CC)COC(=O)/C(=C/c1ccccc1)OC. The maximum absolute atomic E-state index is 12.1. The number of unbranched alkanes of at least 4 members (excludes halogenated alkanes) is 1. The predicted octanol–water partition coefficient (Wildman–Crippen LogP) is 4.43. The first-order valence-corrected chi connectivity index (χ1v) is 7.69. The average molecular weight is 290 g/mol. The van der Waals surface area contributed by atoms with Crippen LogP contribution in [0.25, 0.3) is 6.08 Å². The van der Waals surface area contributed by atoms with E-state index in [1.54, 1.807) is 6.08 Å². The molecule has 0 N–H and O–H groups in total. The van der Waals surface area contributed by atoms with Crippen molar-refractivity contribution in [3.63, 3.8) is 0 Å². The van der Waals surface area contributed by atoms with Crippen LogP contribution >= 0.6 is 0 Å². The molecular weight excluding hydrogens is 264 g/mol. The van der Waals surface area contributed by atoms with E-state index in [4.69, 9.17) is 9.47 Å². The summed E-state index contributed by atoms with van der Waals surface area (Å²) in [4.78, 5) is 12.1. The minimum Gasteiger partial charge on any atom is -0.490 e. The van der Waals surface area contributed by atoms with Gasteiger partial charge in [0.15, 0.2) is 0 Å². The van der Waals surface area contributed by atoms with Crippen LogP contribution in [0.5, 0.6) is 0 Å². The lowest BCUT2D eigenvalue weighted by Gasteiger charge is -2.15. The van der Waals surface area contributed by atoms with Gasteiger partial charge in [-0.05, 0) is 24.0 Å². The molecular formula is C18H26O3. The van der Waals surface area contributed by atoms with Gasteiger partial charge in [0, 0.05) is 0 Å². The van der Waals surface area contributed by atoms with Crippen LogP contribution in [0.15, 0.2) is 36.1 Å². The third-order valence-corrected chi connectivity index (χ3v) is 3.51. The van der Waals surface area contributed by atoms with E-state index in [0.29, 0.717) is 12.5 Å². The van der Waals surface area contributed by atoms with Gasteiger partial charge in [-0.1, -0.05) is 63.4 Å². The Kier molecular flexibility index (Phi) is 8.25. The van der Waals surface area contributed by atoms with Gasteiger partial charge >= 0.3 is 5.97 Å². The van der Waals surface area contributed by atoms with E-state index in [2.05, 4.69) is 13.8 Å². The van der Waals surface area contributed by atoms with Crippen LogP contribution in [0.4, 0.5) is 0 Å². The smallest absolute Gasteiger partial charge is 0.373 e. The number of hydrogen-bond acceptors (Lipinski definition) is 3. The number of rotatable bonds is 9. The number of methoxy groups -OCH3 is 1. The highest BCUT2D eigenvalue weighted by molar-refractivity contribution is 5.91. The summed E-state index contributed by atoms with van der Waals surface area (Å²) in [5, 5.41) is 0. The normalized spacial score (nSPS) is 12.8. The molecule has 0 saturated carbocycles. The molecule has 0 bridgehead atoms. The maximum Gasteiger partial charge on any atom is 0.373 e. The van der Waals surface area contributed by atoms with Gasteiger partial charge in [0.2, 0.25) is 5.76 Å². The molecule has 1 aromatic rings. The molecule has 0 spiro atoms. The molecule has 3 heteroatoms. The highest BCUT2D eigenvalue weighted by atomic mass is 16.6. The monoisotopic (exact) mass is 290 g/mol. The summed E-state index contributed by atoms with van der Waals surface area (Å²) in [5.74, 6) is 0.284. The van der Waals surface area contributed by atoms with Crippen molar-refractivity contribution in [3.8, 4) is 0 Å². The molecule has 0 aliphatic heterocycles. The standard InChI is InChI=1S/C18H26O3/c1-4-6-10-15(5-2)14-21-18(19)17(20-3)13-16-11-8-7-9-12-16/h7-9,11-13,15H,4-6,10,14H2,1-3H3/b17-13-. The van der Waals surface area contributed by atoms with Crippen LogP contribution in [-0.2, 0) is 14.3 Å². The van der Waals surface area contributed by atoms with Crippen LogP contribution in [-0.4, -0.2) is 19.7 Å². The van der Waals surface area contributed by atoms with E-state index >= 15 is 0 Å². The van der Waals surface area contributed by atoms with Gasteiger partial charge in [0.1, 0.15) is 0 Å². The molecule has 1 atom stereocenters. The fourth-order valence-electron chi connectivity index (χ4n) is 2.06. The summed E-state index contributed by atoms with van der Waals surface area (Å²) >= 11 is 0. The topological polar surface area (TPSA) is 35.5 Å². The molecule has 0 saturated heterocycles.